The number of methoxy groups -OCH3 is 1. The number of nitrogens with one attached hydrogen (secondary N) is 1. The topological polar surface area (TPSA) is 81.9 Å². The van der Waals surface area contributed by atoms with E-state index >= 15 is 0 Å². The van der Waals surface area contributed by atoms with E-state index in [0.29, 0.717) is 29.9 Å². The molecule has 2 aromatic carbocycles. The first-order valence-corrected chi connectivity index (χ1v) is 10.5. The number of aromatic nitrogens is 4. The van der Waals surface area contributed by atoms with Crippen LogP contribution in [0.15, 0.2) is 65.8 Å². The van der Waals surface area contributed by atoms with Crippen LogP contribution in [0.25, 0.3) is 27.8 Å². The number of hydrogen-bond donors (Lipinski definition) is 1. The minimum absolute atomic E-state index is 0.212. The quantitative estimate of drug-likeness (QED) is 0.414. The van der Waals surface area contributed by atoms with E-state index in [1.807, 2.05) is 31.3 Å². The molecule has 8 heteroatoms. The summed E-state index contributed by atoms with van der Waals surface area (Å²) in [6.07, 6.45) is 5.75. The monoisotopic (exact) mass is 444 g/mol. The summed E-state index contributed by atoms with van der Waals surface area (Å²) in [4.78, 5) is 28.8. The Labute approximate surface area is 188 Å². The van der Waals surface area contributed by atoms with Crippen molar-refractivity contribution in [2.24, 2.45) is 0 Å². The number of benzene rings is 2. The third-order valence-electron chi connectivity index (χ3n) is 5.74. The summed E-state index contributed by atoms with van der Waals surface area (Å²) in [7, 11) is 1.29. The largest absolute Gasteiger partial charge is 0.465 e. The number of rotatable bonds is 5. The van der Waals surface area contributed by atoms with E-state index in [-0.39, 0.29) is 16.9 Å². The number of esters is 1. The molecule has 0 saturated heterocycles. The number of carbonyl (C=O) groups is 1. The molecule has 0 fully saturated rings. The van der Waals surface area contributed by atoms with E-state index < -0.39 is 5.97 Å². The third-order valence-corrected chi connectivity index (χ3v) is 5.74. The predicted molar refractivity (Wildman–Crippen MR) is 122 cm³/mol. The lowest BCUT2D eigenvalue weighted by Gasteiger charge is -2.11. The van der Waals surface area contributed by atoms with Crippen molar-refractivity contribution < 1.29 is 13.9 Å². The summed E-state index contributed by atoms with van der Waals surface area (Å²) in [6.45, 7) is 2.40. The molecule has 3 heterocycles. The molecule has 0 spiro atoms. The maximum absolute atomic E-state index is 13.7. The Morgan fingerprint density at radius 2 is 2.03 bits per heavy atom. The second-order valence-electron chi connectivity index (χ2n) is 7.97. The van der Waals surface area contributed by atoms with Gasteiger partial charge in [0.2, 0.25) is 0 Å². The third kappa shape index (κ3) is 3.69. The minimum atomic E-state index is -0.572. The zero-order valence-corrected chi connectivity index (χ0v) is 18.1. The van der Waals surface area contributed by atoms with Crippen molar-refractivity contribution in [1.82, 2.24) is 19.3 Å². The molecule has 7 nitrogen and oxygen atoms in total. The number of ether oxygens (including phenoxy) is 1. The van der Waals surface area contributed by atoms with Crippen molar-refractivity contribution >= 4 is 16.9 Å². The molecule has 0 unspecified atom stereocenters. The molecule has 0 atom stereocenters. The van der Waals surface area contributed by atoms with Crippen molar-refractivity contribution in [2.45, 2.75) is 19.9 Å². The Kier molecular flexibility index (Phi) is 5.05. The van der Waals surface area contributed by atoms with Gasteiger partial charge in [0.1, 0.15) is 17.1 Å². The fourth-order valence-corrected chi connectivity index (χ4v) is 4.09. The van der Waals surface area contributed by atoms with Gasteiger partial charge in [0.05, 0.1) is 18.4 Å². The average molecular weight is 444 g/mol. The van der Waals surface area contributed by atoms with Crippen LogP contribution in [0.3, 0.4) is 0 Å². The maximum Gasteiger partial charge on any atom is 0.341 e. The highest BCUT2D eigenvalue weighted by molar-refractivity contribution is 5.96. The van der Waals surface area contributed by atoms with Crippen LogP contribution in [-0.4, -0.2) is 32.4 Å². The summed E-state index contributed by atoms with van der Waals surface area (Å²) in [5.41, 5.74) is 3.91. The van der Waals surface area contributed by atoms with Gasteiger partial charge in [0.15, 0.2) is 0 Å². The summed E-state index contributed by atoms with van der Waals surface area (Å²) in [6, 6.07) is 12.0. The molecule has 1 N–H and O–H groups in total. The molecule has 5 rings (SSSR count). The van der Waals surface area contributed by atoms with Crippen molar-refractivity contribution in [3.63, 3.8) is 0 Å². The molecular weight excluding hydrogens is 423 g/mol. The number of pyridine rings is 1. The van der Waals surface area contributed by atoms with Crippen LogP contribution < -0.4 is 5.56 Å². The number of hydrogen-bond acceptors (Lipinski definition) is 4. The molecule has 3 aromatic rings. The first-order valence-electron chi connectivity index (χ1n) is 10.5. The zero-order valence-electron chi connectivity index (χ0n) is 18.1. The van der Waals surface area contributed by atoms with Gasteiger partial charge < -0.3 is 14.3 Å². The van der Waals surface area contributed by atoms with Gasteiger partial charge >= 0.3 is 5.97 Å². The lowest BCUT2D eigenvalue weighted by atomic mass is 10.1. The normalized spacial score (nSPS) is 11.4. The van der Waals surface area contributed by atoms with Gasteiger partial charge in [-0.1, -0.05) is 12.1 Å². The second-order valence-corrected chi connectivity index (χ2v) is 7.97. The summed E-state index contributed by atoms with van der Waals surface area (Å²) >= 11 is 0. The Morgan fingerprint density at radius 3 is 2.82 bits per heavy atom. The number of aryl methyl sites for hydroxylation is 3. The Morgan fingerprint density at radius 1 is 1.18 bits per heavy atom. The van der Waals surface area contributed by atoms with E-state index in [1.54, 1.807) is 29.1 Å². The fourth-order valence-electron chi connectivity index (χ4n) is 4.09. The lowest BCUT2D eigenvalue weighted by Crippen LogP contribution is -2.16. The van der Waals surface area contributed by atoms with Crippen molar-refractivity contribution in [1.29, 1.82) is 0 Å². The predicted octanol–water partition coefficient (Wildman–Crippen LogP) is 4.10. The standard InChI is InChI=1S/C25H21FN4O3/c1-15-4-3-5-18(10-15)30-24(31)20-13-29(14-21(23(20)28-30)25(32)33-2)9-8-16-12-27-22-7-6-17(26)11-19(16)22/h3-7,10-14,27H,8-9H2,1-2H3. The number of carbonyl (C=O) groups excluding carboxylic acids is 1. The van der Waals surface area contributed by atoms with Crippen LogP contribution in [0, 0.1) is 12.7 Å². The highest BCUT2D eigenvalue weighted by Crippen LogP contribution is 2.25. The molecule has 0 aliphatic carbocycles. The van der Waals surface area contributed by atoms with Crippen LogP contribution in [0.1, 0.15) is 21.5 Å². The summed E-state index contributed by atoms with van der Waals surface area (Å²) < 4.78 is 21.7. The Bertz CT molecular complexity index is 1530. The highest BCUT2D eigenvalue weighted by atomic mass is 19.1. The molecule has 0 bridgehead atoms. The molecule has 0 radical (unpaired) electrons. The van der Waals surface area contributed by atoms with Gasteiger partial charge in [0, 0.05) is 36.0 Å². The number of aromatic amines is 1. The molecule has 2 aliphatic rings. The second kappa shape index (κ2) is 8.05. The highest BCUT2D eigenvalue weighted by Gasteiger charge is 2.25. The van der Waals surface area contributed by atoms with E-state index in [9.17, 15) is 14.0 Å². The van der Waals surface area contributed by atoms with Gasteiger partial charge in [-0.3, -0.25) is 4.79 Å². The fraction of sp³-hybridized carbons (Fsp3) is 0.160. The van der Waals surface area contributed by atoms with E-state index in [1.165, 1.54) is 23.9 Å². The van der Waals surface area contributed by atoms with Crippen LogP contribution in [0.2, 0.25) is 0 Å². The van der Waals surface area contributed by atoms with Crippen LogP contribution in [-0.2, 0) is 17.7 Å². The lowest BCUT2D eigenvalue weighted by molar-refractivity contribution is 0.0600. The summed E-state index contributed by atoms with van der Waals surface area (Å²) in [5, 5.41) is 5.24. The van der Waals surface area contributed by atoms with E-state index in [4.69, 9.17) is 4.74 Å². The molecule has 0 saturated carbocycles. The zero-order chi connectivity index (χ0) is 23.1. The van der Waals surface area contributed by atoms with Crippen LogP contribution >= 0.6 is 0 Å². The Balaban J connectivity index is 1.57. The molecule has 1 aromatic heterocycles. The first kappa shape index (κ1) is 20.7. The van der Waals surface area contributed by atoms with E-state index in [2.05, 4.69) is 10.1 Å². The van der Waals surface area contributed by atoms with Crippen LogP contribution in [0.5, 0.6) is 0 Å². The minimum Gasteiger partial charge on any atom is -0.465 e. The van der Waals surface area contributed by atoms with Gasteiger partial charge in [-0.15, -0.1) is 0 Å². The van der Waals surface area contributed by atoms with Crippen molar-refractivity contribution in [2.75, 3.05) is 7.11 Å². The Hall–Kier alpha value is -4.20. The number of H-pyrrole nitrogens is 1. The van der Waals surface area contributed by atoms with Crippen LogP contribution in [0.4, 0.5) is 4.39 Å². The van der Waals surface area contributed by atoms with Gasteiger partial charge in [-0.05, 0) is 54.8 Å². The summed E-state index contributed by atoms with van der Waals surface area (Å²) in [5.74, 6) is -0.873. The first-order chi connectivity index (χ1) is 15.9. The molecule has 0 amide bonds. The maximum atomic E-state index is 13.7. The molecule has 2 aliphatic heterocycles. The average Bonchev–Trinajstić information content (AvgIpc) is 3.37. The number of nitrogens with zero attached hydrogens (tertiary/aromatic N) is 3. The van der Waals surface area contributed by atoms with E-state index in [0.717, 1.165) is 22.0 Å². The molecule has 166 valence electrons. The van der Waals surface area contributed by atoms with Crippen molar-refractivity contribution in [3.05, 3.63) is 93.9 Å². The number of fused-ring (bicyclic) bond motifs is 2. The van der Waals surface area contributed by atoms with Crippen molar-refractivity contribution in [3.8, 4) is 16.9 Å². The molecule has 33 heavy (non-hydrogen) atoms. The van der Waals surface area contributed by atoms with Gasteiger partial charge in [-0.2, -0.15) is 9.78 Å². The van der Waals surface area contributed by atoms with Gasteiger partial charge in [0.25, 0.3) is 5.56 Å². The van der Waals surface area contributed by atoms with Gasteiger partial charge in [-0.25, -0.2) is 9.18 Å². The number of halogens is 1. The smallest absolute Gasteiger partial charge is 0.341 e. The molecular formula is C25H21FN4O3. The SMILES string of the molecule is COC(=O)c1cn(CCc2c[nH]c3ccc(F)cc23)cc2c(=O)n(-c3cccc(C)c3)nc1-2.